The molecule has 0 spiro atoms. The van der Waals surface area contributed by atoms with Crippen molar-refractivity contribution in [3.8, 4) is 0 Å². The summed E-state index contributed by atoms with van der Waals surface area (Å²) in [6.45, 7) is 5.22. The van der Waals surface area contributed by atoms with Gasteiger partial charge in [0, 0.05) is 12.6 Å². The smallest absolute Gasteiger partial charge is 0.234 e. The van der Waals surface area contributed by atoms with Gasteiger partial charge in [-0.05, 0) is 18.8 Å². The van der Waals surface area contributed by atoms with Crippen LogP contribution in [0.2, 0.25) is 0 Å². The average molecular weight is 227 g/mol. The van der Waals surface area contributed by atoms with E-state index in [1.165, 1.54) is 0 Å². The van der Waals surface area contributed by atoms with E-state index in [1.807, 2.05) is 13.8 Å². The van der Waals surface area contributed by atoms with Crippen LogP contribution in [0.15, 0.2) is 0 Å². The molecule has 0 aromatic heterocycles. The Kier molecular flexibility index (Phi) is 4.73. The van der Waals surface area contributed by atoms with Crippen molar-refractivity contribution in [2.24, 2.45) is 11.7 Å². The van der Waals surface area contributed by atoms with Crippen LogP contribution in [0.5, 0.6) is 0 Å². The lowest BCUT2D eigenvalue weighted by molar-refractivity contribution is -0.124. The molecule has 16 heavy (non-hydrogen) atoms. The van der Waals surface area contributed by atoms with Crippen LogP contribution in [0.25, 0.3) is 0 Å². The van der Waals surface area contributed by atoms with Crippen LogP contribution in [-0.2, 0) is 9.59 Å². The molecule has 1 fully saturated rings. The quantitative estimate of drug-likeness (QED) is 0.627. The maximum atomic E-state index is 11.6. The summed E-state index contributed by atoms with van der Waals surface area (Å²) >= 11 is 0. The van der Waals surface area contributed by atoms with E-state index < -0.39 is 0 Å². The Balaban J connectivity index is 2.34. The molecule has 0 aromatic carbocycles. The summed E-state index contributed by atoms with van der Waals surface area (Å²) in [6, 6.07) is 0.363. The molecule has 5 nitrogen and oxygen atoms in total. The highest BCUT2D eigenvalue weighted by atomic mass is 16.2. The number of hydrogen-bond donors (Lipinski definition) is 2. The number of nitrogens with two attached hydrogens (primary N) is 1. The molecular weight excluding hydrogens is 206 g/mol. The van der Waals surface area contributed by atoms with Crippen molar-refractivity contribution < 1.29 is 9.59 Å². The van der Waals surface area contributed by atoms with Crippen molar-refractivity contribution in [3.63, 3.8) is 0 Å². The predicted molar refractivity (Wildman–Crippen MR) is 61.6 cm³/mol. The minimum absolute atomic E-state index is 0.00981. The summed E-state index contributed by atoms with van der Waals surface area (Å²) in [6.07, 6.45) is 2.15. The van der Waals surface area contributed by atoms with Gasteiger partial charge in [-0.1, -0.05) is 13.8 Å². The van der Waals surface area contributed by atoms with E-state index in [0.717, 1.165) is 12.8 Å². The zero-order valence-corrected chi connectivity index (χ0v) is 10.0. The SMILES string of the molecule is CC(C)CN(CC(N)=O)CC(=O)NC1CC1. The maximum absolute atomic E-state index is 11.6. The lowest BCUT2D eigenvalue weighted by Crippen LogP contribution is -2.43. The van der Waals surface area contributed by atoms with Crippen LogP contribution in [0.4, 0.5) is 0 Å². The number of rotatable bonds is 7. The third kappa shape index (κ3) is 5.70. The molecule has 0 unspecified atom stereocenters. The van der Waals surface area contributed by atoms with Crippen LogP contribution in [-0.4, -0.2) is 42.4 Å². The van der Waals surface area contributed by atoms with Crippen molar-refractivity contribution in [2.45, 2.75) is 32.7 Å². The van der Waals surface area contributed by atoms with Crippen LogP contribution in [0, 0.1) is 5.92 Å². The fraction of sp³-hybridized carbons (Fsp3) is 0.818. The topological polar surface area (TPSA) is 75.4 Å². The Morgan fingerprint density at radius 2 is 2.00 bits per heavy atom. The van der Waals surface area contributed by atoms with Gasteiger partial charge in [-0.2, -0.15) is 0 Å². The third-order valence-corrected chi connectivity index (χ3v) is 2.31. The van der Waals surface area contributed by atoms with Gasteiger partial charge >= 0.3 is 0 Å². The van der Waals surface area contributed by atoms with Crippen molar-refractivity contribution in [1.82, 2.24) is 10.2 Å². The summed E-state index contributed by atoms with van der Waals surface area (Å²) in [5.41, 5.74) is 5.15. The Morgan fingerprint density at radius 3 is 2.44 bits per heavy atom. The molecule has 0 atom stereocenters. The first-order valence-corrected chi connectivity index (χ1v) is 5.77. The lowest BCUT2D eigenvalue weighted by atomic mass is 10.2. The Bertz CT molecular complexity index is 262. The zero-order chi connectivity index (χ0) is 12.1. The van der Waals surface area contributed by atoms with Gasteiger partial charge in [0.15, 0.2) is 0 Å². The summed E-state index contributed by atoms with van der Waals surface area (Å²) in [7, 11) is 0. The second-order valence-corrected chi connectivity index (χ2v) is 4.87. The van der Waals surface area contributed by atoms with Crippen LogP contribution < -0.4 is 11.1 Å². The molecule has 0 bridgehead atoms. The standard InChI is InChI=1S/C11H21N3O2/c1-8(2)5-14(6-10(12)15)7-11(16)13-9-3-4-9/h8-9H,3-7H2,1-2H3,(H2,12,15)(H,13,16). The number of carbonyl (C=O) groups excluding carboxylic acids is 2. The molecule has 92 valence electrons. The number of nitrogens with one attached hydrogen (secondary N) is 1. The van der Waals surface area contributed by atoms with Gasteiger partial charge < -0.3 is 11.1 Å². The molecule has 0 heterocycles. The Hall–Kier alpha value is -1.10. The third-order valence-electron chi connectivity index (χ3n) is 2.31. The lowest BCUT2D eigenvalue weighted by Gasteiger charge is -2.22. The van der Waals surface area contributed by atoms with Gasteiger partial charge in [0.25, 0.3) is 0 Å². The Labute approximate surface area is 96.4 Å². The first-order valence-electron chi connectivity index (χ1n) is 5.77. The minimum Gasteiger partial charge on any atom is -0.369 e. The fourth-order valence-corrected chi connectivity index (χ4v) is 1.63. The van der Waals surface area contributed by atoms with E-state index in [1.54, 1.807) is 4.90 Å². The van der Waals surface area contributed by atoms with E-state index in [-0.39, 0.29) is 24.9 Å². The average Bonchev–Trinajstić information content (AvgIpc) is 2.84. The van der Waals surface area contributed by atoms with E-state index in [2.05, 4.69) is 5.32 Å². The van der Waals surface area contributed by atoms with Crippen LogP contribution in [0.3, 0.4) is 0 Å². The highest BCUT2D eigenvalue weighted by Gasteiger charge is 2.24. The molecule has 2 amide bonds. The number of carbonyl (C=O) groups is 2. The summed E-state index contributed by atoms with van der Waals surface area (Å²) in [5, 5.41) is 2.90. The number of hydrogen-bond acceptors (Lipinski definition) is 3. The van der Waals surface area contributed by atoms with Gasteiger partial charge in [-0.15, -0.1) is 0 Å². The van der Waals surface area contributed by atoms with E-state index in [9.17, 15) is 9.59 Å². The van der Waals surface area contributed by atoms with Gasteiger partial charge in [0.05, 0.1) is 13.1 Å². The first kappa shape index (κ1) is 13.0. The minimum atomic E-state index is -0.389. The van der Waals surface area contributed by atoms with Crippen LogP contribution in [0.1, 0.15) is 26.7 Å². The number of amides is 2. The normalized spacial score (nSPS) is 15.5. The van der Waals surface area contributed by atoms with Gasteiger partial charge in [0.1, 0.15) is 0 Å². The molecular formula is C11H21N3O2. The molecule has 1 aliphatic rings. The van der Waals surface area contributed by atoms with E-state index in [0.29, 0.717) is 18.5 Å². The molecule has 3 N–H and O–H groups in total. The van der Waals surface area contributed by atoms with Crippen molar-refractivity contribution in [3.05, 3.63) is 0 Å². The first-order chi connectivity index (χ1) is 7.47. The van der Waals surface area contributed by atoms with Gasteiger partial charge in [-0.25, -0.2) is 0 Å². The Morgan fingerprint density at radius 1 is 1.38 bits per heavy atom. The van der Waals surface area contributed by atoms with Crippen LogP contribution >= 0.6 is 0 Å². The summed E-state index contributed by atoms with van der Waals surface area (Å²) < 4.78 is 0. The number of nitrogens with zero attached hydrogens (tertiary/aromatic N) is 1. The maximum Gasteiger partial charge on any atom is 0.234 e. The van der Waals surface area contributed by atoms with Crippen molar-refractivity contribution in [2.75, 3.05) is 19.6 Å². The zero-order valence-electron chi connectivity index (χ0n) is 10.0. The second kappa shape index (κ2) is 5.84. The molecule has 1 saturated carbocycles. The van der Waals surface area contributed by atoms with Gasteiger partial charge in [-0.3, -0.25) is 14.5 Å². The van der Waals surface area contributed by atoms with Crippen molar-refractivity contribution in [1.29, 1.82) is 0 Å². The molecule has 0 radical (unpaired) electrons. The molecule has 1 aliphatic carbocycles. The molecule has 0 aromatic rings. The predicted octanol–water partition coefficient (Wildman–Crippen LogP) is -0.292. The monoisotopic (exact) mass is 227 g/mol. The van der Waals surface area contributed by atoms with E-state index >= 15 is 0 Å². The van der Waals surface area contributed by atoms with Gasteiger partial charge in [0.2, 0.25) is 11.8 Å². The fourth-order valence-electron chi connectivity index (χ4n) is 1.63. The van der Waals surface area contributed by atoms with Crippen molar-refractivity contribution >= 4 is 11.8 Å². The summed E-state index contributed by atoms with van der Waals surface area (Å²) in [5.74, 6) is 0.0114. The largest absolute Gasteiger partial charge is 0.369 e. The highest BCUT2D eigenvalue weighted by molar-refractivity contribution is 5.80. The van der Waals surface area contributed by atoms with E-state index in [4.69, 9.17) is 5.73 Å². The molecule has 0 saturated heterocycles. The summed E-state index contributed by atoms with van der Waals surface area (Å²) in [4.78, 5) is 24.2. The number of primary amides is 1. The highest BCUT2D eigenvalue weighted by Crippen LogP contribution is 2.18. The molecule has 0 aliphatic heterocycles. The molecule has 5 heteroatoms. The molecule has 1 rings (SSSR count). The second-order valence-electron chi connectivity index (χ2n) is 4.87.